The smallest absolute Gasteiger partial charge is 0.339 e. The lowest BCUT2D eigenvalue weighted by atomic mass is 9.91. The van der Waals surface area contributed by atoms with E-state index < -0.39 is 22.1 Å². The molecule has 0 atom stereocenters. The number of benzene rings is 1. The number of hydrogen-bond donors (Lipinski definition) is 3. The van der Waals surface area contributed by atoms with E-state index in [1.54, 1.807) is 0 Å². The number of carboxylic acids is 1. The van der Waals surface area contributed by atoms with Crippen molar-refractivity contribution < 1.29 is 28.2 Å². The fourth-order valence-corrected chi connectivity index (χ4v) is 3.87. The van der Waals surface area contributed by atoms with Gasteiger partial charge >= 0.3 is 5.97 Å². The van der Waals surface area contributed by atoms with Crippen LogP contribution in [-0.2, 0) is 10.0 Å². The molecule has 21 heavy (non-hydrogen) atoms. The summed E-state index contributed by atoms with van der Waals surface area (Å²) in [5, 5.41) is 18.3. The minimum absolute atomic E-state index is 0.0257. The highest BCUT2D eigenvalue weighted by Crippen LogP contribution is 2.33. The minimum atomic E-state index is -4.00. The third-order valence-corrected chi connectivity index (χ3v) is 4.92. The number of hydrogen-bond acceptors (Lipinski definition) is 5. The first-order valence-electron chi connectivity index (χ1n) is 6.06. The van der Waals surface area contributed by atoms with Crippen molar-refractivity contribution in [2.24, 2.45) is 0 Å². The average Bonchev–Trinajstić information content (AvgIpc) is 2.35. The normalized spacial score (nSPS) is 21.7. The Kier molecular flexibility index (Phi) is 4.43. The number of methoxy groups -OCH3 is 1. The van der Waals surface area contributed by atoms with Crippen LogP contribution in [0.5, 0.6) is 5.75 Å². The number of rotatable bonds is 5. The molecule has 116 valence electrons. The first kappa shape index (κ1) is 16.0. The zero-order chi connectivity index (χ0) is 15.8. The number of ether oxygens (including phenoxy) is 1. The first-order valence-corrected chi connectivity index (χ1v) is 7.92. The Morgan fingerprint density at radius 3 is 2.52 bits per heavy atom. The van der Waals surface area contributed by atoms with Crippen LogP contribution in [0.15, 0.2) is 17.0 Å². The summed E-state index contributed by atoms with van der Waals surface area (Å²) in [6.45, 7) is 0. The molecule has 0 aromatic heterocycles. The molecular weight excluding hydrogens is 322 g/mol. The number of carbonyl (C=O) groups is 1. The lowest BCUT2D eigenvalue weighted by Crippen LogP contribution is -2.46. The van der Waals surface area contributed by atoms with Crippen LogP contribution in [-0.4, -0.2) is 43.9 Å². The third-order valence-electron chi connectivity index (χ3n) is 3.18. The van der Waals surface area contributed by atoms with Crippen LogP contribution in [0.1, 0.15) is 23.2 Å². The maximum absolute atomic E-state index is 12.3. The highest BCUT2D eigenvalue weighted by molar-refractivity contribution is 7.89. The van der Waals surface area contributed by atoms with E-state index in [1.165, 1.54) is 7.11 Å². The molecule has 9 heteroatoms. The number of aliphatic hydroxyl groups is 1. The largest absolute Gasteiger partial charge is 0.494 e. The van der Waals surface area contributed by atoms with Crippen molar-refractivity contribution in [3.05, 3.63) is 22.7 Å². The van der Waals surface area contributed by atoms with Crippen LogP contribution in [0.2, 0.25) is 5.02 Å². The molecule has 0 radical (unpaired) electrons. The Hall–Kier alpha value is -1.35. The molecule has 0 unspecified atom stereocenters. The van der Waals surface area contributed by atoms with E-state index >= 15 is 0 Å². The number of nitrogens with one attached hydrogen (secondary N) is 1. The molecule has 2 rings (SSSR count). The maximum atomic E-state index is 12.3. The van der Waals surface area contributed by atoms with E-state index in [1.807, 2.05) is 0 Å². The van der Waals surface area contributed by atoms with Gasteiger partial charge in [-0.05, 0) is 25.0 Å². The topological polar surface area (TPSA) is 113 Å². The average molecular weight is 336 g/mol. The fourth-order valence-electron chi connectivity index (χ4n) is 2.10. The van der Waals surface area contributed by atoms with E-state index in [-0.39, 0.29) is 27.3 Å². The molecular formula is C12H14ClNO6S. The molecule has 0 amide bonds. The number of halogens is 1. The quantitative estimate of drug-likeness (QED) is 0.735. The van der Waals surface area contributed by atoms with Crippen LogP contribution in [0.25, 0.3) is 0 Å². The molecule has 7 nitrogen and oxygen atoms in total. The summed E-state index contributed by atoms with van der Waals surface area (Å²) in [5.41, 5.74) is -0.334. The van der Waals surface area contributed by atoms with E-state index in [0.29, 0.717) is 12.8 Å². The second-order valence-corrected chi connectivity index (χ2v) is 6.85. The molecule has 1 fully saturated rings. The van der Waals surface area contributed by atoms with Gasteiger partial charge in [0.05, 0.1) is 13.2 Å². The summed E-state index contributed by atoms with van der Waals surface area (Å²) in [6, 6.07) is 1.86. The summed E-state index contributed by atoms with van der Waals surface area (Å²) in [6.07, 6.45) is 0.107. The van der Waals surface area contributed by atoms with Gasteiger partial charge in [-0.3, -0.25) is 0 Å². The molecule has 0 saturated heterocycles. The van der Waals surface area contributed by atoms with E-state index in [2.05, 4.69) is 4.72 Å². The van der Waals surface area contributed by atoms with Crippen LogP contribution < -0.4 is 9.46 Å². The molecule has 3 N–H and O–H groups in total. The van der Waals surface area contributed by atoms with E-state index in [9.17, 15) is 18.3 Å². The lowest BCUT2D eigenvalue weighted by molar-refractivity contribution is 0.0691. The molecule has 0 aliphatic heterocycles. The highest BCUT2D eigenvalue weighted by Gasteiger charge is 2.33. The van der Waals surface area contributed by atoms with Crippen molar-refractivity contribution in [2.75, 3.05) is 7.11 Å². The van der Waals surface area contributed by atoms with Crippen LogP contribution in [0, 0.1) is 0 Å². The number of aliphatic hydroxyl groups excluding tert-OH is 1. The maximum Gasteiger partial charge on any atom is 0.339 e. The van der Waals surface area contributed by atoms with Crippen molar-refractivity contribution in [2.45, 2.75) is 29.9 Å². The first-order chi connectivity index (χ1) is 9.74. The molecule has 1 aromatic rings. The molecule has 0 spiro atoms. The standard InChI is InChI=1S/C12H14ClNO6S/c1-20-11-9(12(16)17)2-6(13)3-10(11)21(18,19)14-7-4-8(15)5-7/h2-3,7-8,14-15H,4-5H2,1H3,(H,16,17). The van der Waals surface area contributed by atoms with Crippen LogP contribution in [0.3, 0.4) is 0 Å². The molecule has 0 heterocycles. The Labute approximate surface area is 126 Å². The summed E-state index contributed by atoms with van der Waals surface area (Å²) < 4.78 is 32.0. The van der Waals surface area contributed by atoms with Gasteiger partial charge in [0.2, 0.25) is 10.0 Å². The summed E-state index contributed by atoms with van der Waals surface area (Å²) >= 11 is 5.79. The highest BCUT2D eigenvalue weighted by atomic mass is 35.5. The predicted molar refractivity (Wildman–Crippen MR) is 74.3 cm³/mol. The Morgan fingerprint density at radius 1 is 1.43 bits per heavy atom. The Bertz CT molecular complexity index is 669. The summed E-state index contributed by atoms with van der Waals surface area (Å²) in [4.78, 5) is 10.8. The lowest BCUT2D eigenvalue weighted by Gasteiger charge is -2.31. The van der Waals surface area contributed by atoms with Crippen molar-refractivity contribution in [1.82, 2.24) is 4.72 Å². The molecule has 1 aliphatic rings. The summed E-state index contributed by atoms with van der Waals surface area (Å²) in [5.74, 6) is -1.62. The van der Waals surface area contributed by atoms with Crippen LogP contribution in [0.4, 0.5) is 0 Å². The van der Waals surface area contributed by atoms with Gasteiger partial charge in [0.1, 0.15) is 10.5 Å². The molecule has 1 aromatic carbocycles. The number of sulfonamides is 1. The third kappa shape index (κ3) is 3.29. The Morgan fingerprint density at radius 2 is 2.05 bits per heavy atom. The van der Waals surface area contributed by atoms with Crippen molar-refractivity contribution >= 4 is 27.6 Å². The van der Waals surface area contributed by atoms with Gasteiger partial charge in [0.25, 0.3) is 0 Å². The number of carboxylic acid groups (broad SMARTS) is 1. The van der Waals surface area contributed by atoms with Gasteiger partial charge in [-0.2, -0.15) is 0 Å². The monoisotopic (exact) mass is 335 g/mol. The summed E-state index contributed by atoms with van der Waals surface area (Å²) in [7, 11) is -2.82. The van der Waals surface area contributed by atoms with Gasteiger partial charge in [-0.1, -0.05) is 11.6 Å². The van der Waals surface area contributed by atoms with Crippen molar-refractivity contribution in [3.63, 3.8) is 0 Å². The van der Waals surface area contributed by atoms with E-state index in [4.69, 9.17) is 21.4 Å². The van der Waals surface area contributed by atoms with E-state index in [0.717, 1.165) is 12.1 Å². The van der Waals surface area contributed by atoms with Crippen molar-refractivity contribution in [3.8, 4) is 5.75 Å². The molecule has 0 bridgehead atoms. The fraction of sp³-hybridized carbons (Fsp3) is 0.417. The van der Waals surface area contributed by atoms with Gasteiger partial charge in [-0.15, -0.1) is 0 Å². The zero-order valence-electron chi connectivity index (χ0n) is 11.0. The predicted octanol–water partition coefficient (Wildman–Crippen LogP) is 0.848. The van der Waals surface area contributed by atoms with Gasteiger partial charge < -0.3 is 14.9 Å². The SMILES string of the molecule is COc1c(C(=O)O)cc(Cl)cc1S(=O)(=O)NC1CC(O)C1. The van der Waals surface area contributed by atoms with Crippen LogP contribution >= 0.6 is 11.6 Å². The molecule has 1 saturated carbocycles. The second-order valence-electron chi connectivity index (χ2n) is 4.73. The van der Waals surface area contributed by atoms with Gasteiger partial charge in [0, 0.05) is 11.1 Å². The minimum Gasteiger partial charge on any atom is -0.494 e. The molecule has 1 aliphatic carbocycles. The number of aromatic carboxylic acids is 1. The van der Waals surface area contributed by atoms with Gasteiger partial charge in [0.15, 0.2) is 5.75 Å². The van der Waals surface area contributed by atoms with Gasteiger partial charge in [-0.25, -0.2) is 17.9 Å². The Balaban J connectivity index is 2.44. The zero-order valence-corrected chi connectivity index (χ0v) is 12.6. The second kappa shape index (κ2) is 5.80. The van der Waals surface area contributed by atoms with Crippen molar-refractivity contribution in [1.29, 1.82) is 0 Å².